The summed E-state index contributed by atoms with van der Waals surface area (Å²) in [5.41, 5.74) is 0.978. The Bertz CT molecular complexity index is 532. The van der Waals surface area contributed by atoms with Crippen molar-refractivity contribution in [2.24, 2.45) is 5.41 Å². The summed E-state index contributed by atoms with van der Waals surface area (Å²) in [5, 5.41) is 15.5. The summed E-state index contributed by atoms with van der Waals surface area (Å²) >= 11 is 0. The molecule has 1 aromatic heterocycles. The zero-order chi connectivity index (χ0) is 13.4. The Morgan fingerprint density at radius 3 is 2.67 bits per heavy atom. The fourth-order valence-corrected chi connectivity index (χ4v) is 3.52. The molecule has 0 aromatic carbocycles. The van der Waals surface area contributed by atoms with Gasteiger partial charge in [0.15, 0.2) is 5.03 Å². The molecule has 0 bridgehead atoms. The summed E-state index contributed by atoms with van der Waals surface area (Å²) < 4.78 is 26.8. The van der Waals surface area contributed by atoms with Crippen molar-refractivity contribution >= 4 is 10.0 Å². The molecule has 0 unspecified atom stereocenters. The van der Waals surface area contributed by atoms with Crippen LogP contribution in [0.25, 0.3) is 0 Å². The minimum Gasteiger partial charge on any atom is -0.392 e. The number of sulfonamides is 1. The summed E-state index contributed by atoms with van der Waals surface area (Å²) in [6.45, 7) is 3.84. The van der Waals surface area contributed by atoms with E-state index < -0.39 is 10.0 Å². The monoisotopic (exact) mass is 273 g/mol. The van der Waals surface area contributed by atoms with Crippen molar-refractivity contribution in [2.75, 3.05) is 6.54 Å². The molecule has 3 N–H and O–H groups in total. The van der Waals surface area contributed by atoms with Crippen molar-refractivity contribution < 1.29 is 13.5 Å². The van der Waals surface area contributed by atoms with Crippen LogP contribution < -0.4 is 4.72 Å². The maximum atomic E-state index is 12.1. The number of hydrogen-bond donors (Lipinski definition) is 3. The smallest absolute Gasteiger partial charge is 0.260 e. The third-order valence-electron chi connectivity index (χ3n) is 3.70. The molecule has 1 heterocycles. The Kier molecular flexibility index (Phi) is 3.48. The van der Waals surface area contributed by atoms with Gasteiger partial charge < -0.3 is 5.11 Å². The highest BCUT2D eigenvalue weighted by Gasteiger charge is 2.34. The first-order valence-electron chi connectivity index (χ1n) is 6.02. The Labute approximate surface area is 107 Å². The molecule has 0 saturated heterocycles. The topological polar surface area (TPSA) is 95.1 Å². The first kappa shape index (κ1) is 13.5. The number of aryl methyl sites for hydroxylation is 1. The SMILES string of the molecule is Cc1[nH]nc(S(=O)(=O)NCC2(C)CCC2)c1CO. The lowest BCUT2D eigenvalue weighted by Crippen LogP contribution is -2.40. The number of nitrogens with zero attached hydrogens (tertiary/aromatic N) is 1. The highest BCUT2D eigenvalue weighted by atomic mass is 32.2. The molecule has 18 heavy (non-hydrogen) atoms. The van der Waals surface area contributed by atoms with E-state index in [9.17, 15) is 13.5 Å². The van der Waals surface area contributed by atoms with Crippen molar-refractivity contribution in [2.45, 2.75) is 44.7 Å². The van der Waals surface area contributed by atoms with Gasteiger partial charge >= 0.3 is 0 Å². The van der Waals surface area contributed by atoms with Crippen LogP contribution in [0.5, 0.6) is 0 Å². The van der Waals surface area contributed by atoms with Gasteiger partial charge in [0.1, 0.15) is 0 Å². The minimum atomic E-state index is -3.64. The van der Waals surface area contributed by atoms with Gasteiger partial charge in [0.2, 0.25) is 0 Å². The van der Waals surface area contributed by atoms with Crippen LogP contribution in [0.4, 0.5) is 0 Å². The van der Waals surface area contributed by atoms with E-state index in [2.05, 4.69) is 21.8 Å². The highest BCUT2D eigenvalue weighted by molar-refractivity contribution is 7.89. The fraction of sp³-hybridized carbons (Fsp3) is 0.727. The van der Waals surface area contributed by atoms with Crippen LogP contribution in [-0.4, -0.2) is 30.3 Å². The molecule has 1 fully saturated rings. The fourth-order valence-electron chi connectivity index (χ4n) is 2.13. The summed E-state index contributed by atoms with van der Waals surface area (Å²) in [6, 6.07) is 0. The van der Waals surface area contributed by atoms with Gasteiger partial charge in [-0.25, -0.2) is 13.1 Å². The number of aliphatic hydroxyl groups is 1. The molecule has 6 nitrogen and oxygen atoms in total. The minimum absolute atomic E-state index is 0.0673. The largest absolute Gasteiger partial charge is 0.392 e. The van der Waals surface area contributed by atoms with Crippen molar-refractivity contribution in [3.8, 4) is 0 Å². The predicted molar refractivity (Wildman–Crippen MR) is 66.4 cm³/mol. The molecule has 0 radical (unpaired) electrons. The first-order chi connectivity index (χ1) is 8.38. The van der Waals surface area contributed by atoms with Crippen LogP contribution >= 0.6 is 0 Å². The Hall–Kier alpha value is -0.920. The molecule has 0 amide bonds. The quantitative estimate of drug-likeness (QED) is 0.735. The zero-order valence-corrected chi connectivity index (χ0v) is 11.5. The van der Waals surface area contributed by atoms with E-state index >= 15 is 0 Å². The van der Waals surface area contributed by atoms with Crippen LogP contribution in [0.15, 0.2) is 5.03 Å². The van der Waals surface area contributed by atoms with Crippen molar-refractivity contribution in [1.29, 1.82) is 0 Å². The summed E-state index contributed by atoms with van der Waals surface area (Å²) in [5.74, 6) is 0. The normalized spacial score (nSPS) is 18.6. The molecule has 0 aliphatic heterocycles. The number of rotatable bonds is 5. The van der Waals surface area contributed by atoms with E-state index in [4.69, 9.17) is 0 Å². The molecule has 102 valence electrons. The molecule has 1 aliphatic carbocycles. The van der Waals surface area contributed by atoms with Crippen LogP contribution in [0.3, 0.4) is 0 Å². The van der Waals surface area contributed by atoms with E-state index in [1.54, 1.807) is 6.92 Å². The average molecular weight is 273 g/mol. The number of aliphatic hydroxyl groups excluding tert-OH is 1. The summed E-state index contributed by atoms with van der Waals surface area (Å²) in [4.78, 5) is 0. The van der Waals surface area contributed by atoms with Gasteiger partial charge in [-0.15, -0.1) is 0 Å². The van der Waals surface area contributed by atoms with E-state index in [1.807, 2.05) is 0 Å². The number of hydrogen-bond acceptors (Lipinski definition) is 4. The second-order valence-corrected chi connectivity index (χ2v) is 6.96. The second-order valence-electron chi connectivity index (χ2n) is 5.28. The number of aromatic nitrogens is 2. The van der Waals surface area contributed by atoms with Gasteiger partial charge in [0.05, 0.1) is 6.61 Å². The Balaban J connectivity index is 2.15. The van der Waals surface area contributed by atoms with Crippen LogP contribution in [0.2, 0.25) is 0 Å². The van der Waals surface area contributed by atoms with E-state index in [0.29, 0.717) is 17.8 Å². The first-order valence-corrected chi connectivity index (χ1v) is 7.51. The van der Waals surface area contributed by atoms with Crippen LogP contribution in [-0.2, 0) is 16.6 Å². The number of nitrogens with one attached hydrogen (secondary N) is 2. The van der Waals surface area contributed by atoms with Gasteiger partial charge in [-0.1, -0.05) is 13.3 Å². The number of H-pyrrole nitrogens is 1. The standard InChI is InChI=1S/C11H19N3O3S/c1-8-9(6-15)10(14-13-8)18(16,17)12-7-11(2)4-3-5-11/h12,15H,3-7H2,1-2H3,(H,13,14). The molecular weight excluding hydrogens is 254 g/mol. The third kappa shape index (κ3) is 2.43. The molecule has 1 aromatic rings. The predicted octanol–water partition coefficient (Wildman–Crippen LogP) is 0.679. The molecule has 1 saturated carbocycles. The summed E-state index contributed by atoms with van der Waals surface area (Å²) in [7, 11) is -3.64. The van der Waals surface area contributed by atoms with Gasteiger partial charge in [-0.05, 0) is 25.2 Å². The van der Waals surface area contributed by atoms with Crippen molar-refractivity contribution in [1.82, 2.24) is 14.9 Å². The van der Waals surface area contributed by atoms with E-state index in [-0.39, 0.29) is 17.0 Å². The maximum Gasteiger partial charge on any atom is 0.260 e. The molecule has 0 atom stereocenters. The lowest BCUT2D eigenvalue weighted by molar-refractivity contribution is 0.166. The highest BCUT2D eigenvalue weighted by Crippen LogP contribution is 2.39. The Morgan fingerprint density at radius 1 is 1.50 bits per heavy atom. The number of aromatic amines is 1. The molecule has 7 heteroatoms. The van der Waals surface area contributed by atoms with Gasteiger partial charge in [-0.3, -0.25) is 5.10 Å². The third-order valence-corrected chi connectivity index (χ3v) is 5.07. The second kappa shape index (κ2) is 4.64. The Morgan fingerprint density at radius 2 is 2.17 bits per heavy atom. The van der Waals surface area contributed by atoms with Gasteiger partial charge in [-0.2, -0.15) is 5.10 Å². The average Bonchev–Trinajstić information content (AvgIpc) is 2.66. The zero-order valence-electron chi connectivity index (χ0n) is 10.7. The van der Waals surface area contributed by atoms with E-state index in [1.165, 1.54) is 0 Å². The van der Waals surface area contributed by atoms with E-state index in [0.717, 1.165) is 19.3 Å². The molecule has 1 aliphatic rings. The van der Waals surface area contributed by atoms with Crippen LogP contribution in [0.1, 0.15) is 37.4 Å². The maximum absolute atomic E-state index is 12.1. The lowest BCUT2D eigenvalue weighted by Gasteiger charge is -2.38. The molecular formula is C11H19N3O3S. The summed E-state index contributed by atoms with van der Waals surface area (Å²) in [6.07, 6.45) is 3.24. The lowest BCUT2D eigenvalue weighted by atomic mass is 9.71. The van der Waals surface area contributed by atoms with Gasteiger partial charge in [0, 0.05) is 17.8 Å². The van der Waals surface area contributed by atoms with Crippen molar-refractivity contribution in [3.63, 3.8) is 0 Å². The van der Waals surface area contributed by atoms with Crippen LogP contribution in [0, 0.1) is 12.3 Å². The van der Waals surface area contributed by atoms with Crippen molar-refractivity contribution in [3.05, 3.63) is 11.3 Å². The molecule has 2 rings (SSSR count). The molecule has 0 spiro atoms. The van der Waals surface area contributed by atoms with Gasteiger partial charge in [0.25, 0.3) is 10.0 Å².